The third-order valence-electron chi connectivity index (χ3n) is 4.92. The summed E-state index contributed by atoms with van der Waals surface area (Å²) in [5, 5.41) is 8.85. The first kappa shape index (κ1) is 15.2. The zero-order valence-electron chi connectivity index (χ0n) is 13.2. The normalized spacial score (nSPS) is 22.2. The number of halogens is 1. The number of piperazine rings is 1. The number of hydrogen-bond donors (Lipinski definition) is 0. The quantitative estimate of drug-likeness (QED) is 0.827. The van der Waals surface area contributed by atoms with Gasteiger partial charge in [0.25, 0.3) is 0 Å². The van der Waals surface area contributed by atoms with E-state index in [4.69, 9.17) is 0 Å². The van der Waals surface area contributed by atoms with E-state index in [1.54, 1.807) is 0 Å². The summed E-state index contributed by atoms with van der Waals surface area (Å²) in [6, 6.07) is 13.2. The molecule has 2 saturated heterocycles. The minimum absolute atomic E-state index is 0.763. The first-order valence-electron chi connectivity index (χ1n) is 8.33. The Bertz CT molecular complexity index is 656. The second-order valence-corrected chi connectivity index (χ2v) is 7.40. The van der Waals surface area contributed by atoms with Crippen molar-refractivity contribution in [1.29, 1.82) is 0 Å². The van der Waals surface area contributed by atoms with E-state index in [0.29, 0.717) is 0 Å². The van der Waals surface area contributed by atoms with Crippen LogP contribution in [-0.2, 0) is 6.54 Å². The van der Waals surface area contributed by atoms with Gasteiger partial charge in [-0.25, -0.2) is 0 Å². The van der Waals surface area contributed by atoms with Gasteiger partial charge in [-0.05, 0) is 43.7 Å². The first-order chi connectivity index (χ1) is 11.3. The van der Waals surface area contributed by atoms with Crippen LogP contribution < -0.4 is 0 Å². The number of rotatable bonds is 3. The molecule has 0 spiro atoms. The molecular weight excluding hydrogens is 352 g/mol. The van der Waals surface area contributed by atoms with Gasteiger partial charge in [-0.3, -0.25) is 9.80 Å². The Labute approximate surface area is 145 Å². The Balaban J connectivity index is 1.41. The van der Waals surface area contributed by atoms with Crippen molar-refractivity contribution in [2.24, 2.45) is 0 Å². The van der Waals surface area contributed by atoms with Gasteiger partial charge in [-0.1, -0.05) is 28.1 Å². The molecule has 0 N–H and O–H groups in total. The van der Waals surface area contributed by atoms with E-state index in [2.05, 4.69) is 60.2 Å². The molecule has 5 heteroatoms. The molecule has 2 fully saturated rings. The van der Waals surface area contributed by atoms with Crippen LogP contribution in [0, 0.1) is 0 Å². The van der Waals surface area contributed by atoms with Crippen molar-refractivity contribution in [3.8, 4) is 11.3 Å². The van der Waals surface area contributed by atoms with Gasteiger partial charge in [-0.2, -0.15) is 10.2 Å². The SMILES string of the molecule is Brc1ccc(-c2ccc(CN3CCN4CCC[C@@H]4C3)nn2)cc1. The topological polar surface area (TPSA) is 32.3 Å². The number of nitrogens with zero attached hydrogens (tertiary/aromatic N) is 4. The summed E-state index contributed by atoms with van der Waals surface area (Å²) in [7, 11) is 0. The second kappa shape index (κ2) is 6.67. The number of fused-ring (bicyclic) bond motifs is 1. The van der Waals surface area contributed by atoms with Crippen LogP contribution >= 0.6 is 15.9 Å². The molecule has 1 atom stereocenters. The maximum atomic E-state index is 4.44. The van der Waals surface area contributed by atoms with Crippen molar-refractivity contribution in [3.05, 3.63) is 46.6 Å². The molecule has 0 saturated carbocycles. The molecule has 23 heavy (non-hydrogen) atoms. The maximum absolute atomic E-state index is 4.44. The Morgan fingerprint density at radius 1 is 1.00 bits per heavy atom. The van der Waals surface area contributed by atoms with E-state index in [0.717, 1.165) is 40.6 Å². The van der Waals surface area contributed by atoms with Crippen molar-refractivity contribution in [3.63, 3.8) is 0 Å². The molecule has 4 rings (SSSR count). The smallest absolute Gasteiger partial charge is 0.0929 e. The minimum atomic E-state index is 0.763. The molecule has 0 radical (unpaired) electrons. The third-order valence-corrected chi connectivity index (χ3v) is 5.45. The predicted molar refractivity (Wildman–Crippen MR) is 95.0 cm³/mol. The molecule has 2 aliphatic rings. The predicted octanol–water partition coefficient (Wildman–Crippen LogP) is 3.19. The average molecular weight is 373 g/mol. The lowest BCUT2D eigenvalue weighted by atomic mass is 10.1. The van der Waals surface area contributed by atoms with Crippen molar-refractivity contribution < 1.29 is 0 Å². The summed E-state index contributed by atoms with van der Waals surface area (Å²) >= 11 is 3.46. The minimum Gasteiger partial charge on any atom is -0.298 e. The fourth-order valence-corrected chi connectivity index (χ4v) is 3.91. The van der Waals surface area contributed by atoms with Crippen molar-refractivity contribution in [1.82, 2.24) is 20.0 Å². The van der Waals surface area contributed by atoms with E-state index in [9.17, 15) is 0 Å². The molecule has 4 nitrogen and oxygen atoms in total. The van der Waals surface area contributed by atoms with Crippen LogP contribution in [0.15, 0.2) is 40.9 Å². The average Bonchev–Trinajstić information content (AvgIpc) is 3.04. The van der Waals surface area contributed by atoms with Gasteiger partial charge in [0.1, 0.15) is 0 Å². The first-order valence-corrected chi connectivity index (χ1v) is 9.12. The highest BCUT2D eigenvalue weighted by molar-refractivity contribution is 9.10. The molecule has 0 amide bonds. The Morgan fingerprint density at radius 3 is 2.65 bits per heavy atom. The zero-order valence-corrected chi connectivity index (χ0v) is 14.7. The molecule has 1 aromatic heterocycles. The Morgan fingerprint density at radius 2 is 1.87 bits per heavy atom. The number of aromatic nitrogens is 2. The fraction of sp³-hybridized carbons (Fsp3) is 0.444. The van der Waals surface area contributed by atoms with Crippen LogP contribution in [0.5, 0.6) is 0 Å². The zero-order chi connectivity index (χ0) is 15.6. The summed E-state index contributed by atoms with van der Waals surface area (Å²) in [5.41, 5.74) is 3.10. The summed E-state index contributed by atoms with van der Waals surface area (Å²) < 4.78 is 1.08. The lowest BCUT2D eigenvalue weighted by Crippen LogP contribution is -2.49. The maximum Gasteiger partial charge on any atom is 0.0929 e. The van der Waals surface area contributed by atoms with Gasteiger partial charge in [0.05, 0.1) is 11.4 Å². The highest BCUT2D eigenvalue weighted by Crippen LogP contribution is 2.23. The van der Waals surface area contributed by atoms with Crippen LogP contribution in [-0.4, -0.2) is 52.2 Å². The third kappa shape index (κ3) is 3.47. The van der Waals surface area contributed by atoms with Gasteiger partial charge in [0, 0.05) is 42.3 Å². The molecule has 2 aromatic rings. The van der Waals surface area contributed by atoms with Crippen molar-refractivity contribution in [2.45, 2.75) is 25.4 Å². The van der Waals surface area contributed by atoms with E-state index >= 15 is 0 Å². The highest BCUT2D eigenvalue weighted by atomic mass is 79.9. The van der Waals surface area contributed by atoms with Gasteiger partial charge >= 0.3 is 0 Å². The van der Waals surface area contributed by atoms with Crippen LogP contribution in [0.2, 0.25) is 0 Å². The van der Waals surface area contributed by atoms with E-state index in [1.165, 1.54) is 32.5 Å². The van der Waals surface area contributed by atoms with Crippen LogP contribution in [0.3, 0.4) is 0 Å². The Hall–Kier alpha value is -1.30. The largest absolute Gasteiger partial charge is 0.298 e. The van der Waals surface area contributed by atoms with Crippen molar-refractivity contribution in [2.75, 3.05) is 26.2 Å². The number of hydrogen-bond acceptors (Lipinski definition) is 4. The molecule has 3 heterocycles. The number of benzene rings is 1. The van der Waals surface area contributed by atoms with E-state index in [-0.39, 0.29) is 0 Å². The highest BCUT2D eigenvalue weighted by Gasteiger charge is 2.30. The van der Waals surface area contributed by atoms with Crippen LogP contribution in [0.25, 0.3) is 11.3 Å². The molecule has 120 valence electrons. The fourth-order valence-electron chi connectivity index (χ4n) is 3.65. The van der Waals surface area contributed by atoms with Crippen molar-refractivity contribution >= 4 is 15.9 Å². The standard InChI is InChI=1S/C18H21BrN4/c19-15-5-3-14(4-6-15)18-8-7-16(20-21-18)12-22-10-11-23-9-1-2-17(23)13-22/h3-8,17H,1-2,9-13H2/t17-/m1/s1. The lowest BCUT2D eigenvalue weighted by molar-refractivity contribution is 0.0982. The van der Waals surface area contributed by atoms with E-state index in [1.807, 2.05) is 12.1 Å². The molecule has 0 aliphatic carbocycles. The second-order valence-electron chi connectivity index (χ2n) is 6.48. The summed E-state index contributed by atoms with van der Waals surface area (Å²) in [4.78, 5) is 5.16. The Kier molecular flexibility index (Phi) is 4.42. The van der Waals surface area contributed by atoms with Gasteiger partial charge in [0.15, 0.2) is 0 Å². The molecule has 2 aliphatic heterocycles. The van der Waals surface area contributed by atoms with Crippen LogP contribution in [0.4, 0.5) is 0 Å². The summed E-state index contributed by atoms with van der Waals surface area (Å²) in [6.45, 7) is 5.73. The molecule has 1 aromatic carbocycles. The van der Waals surface area contributed by atoms with Gasteiger partial charge in [-0.15, -0.1) is 0 Å². The van der Waals surface area contributed by atoms with Crippen LogP contribution in [0.1, 0.15) is 18.5 Å². The molecule has 0 unspecified atom stereocenters. The lowest BCUT2D eigenvalue weighted by Gasteiger charge is -2.37. The van der Waals surface area contributed by atoms with E-state index < -0.39 is 0 Å². The molecule has 0 bridgehead atoms. The van der Waals surface area contributed by atoms with Gasteiger partial charge < -0.3 is 0 Å². The monoisotopic (exact) mass is 372 g/mol. The summed E-state index contributed by atoms with van der Waals surface area (Å²) in [5.74, 6) is 0. The molecular formula is C18H21BrN4. The summed E-state index contributed by atoms with van der Waals surface area (Å²) in [6.07, 6.45) is 2.71. The van der Waals surface area contributed by atoms with Gasteiger partial charge in [0.2, 0.25) is 0 Å².